The second kappa shape index (κ2) is 15.1. The third kappa shape index (κ3) is 7.43. The number of carbonyl (C=O) groups excluding carboxylic acids is 5. The predicted octanol–water partition coefficient (Wildman–Crippen LogP) is 5.21. The third-order valence-corrected chi connectivity index (χ3v) is 12.3. The van der Waals surface area contributed by atoms with Crippen molar-refractivity contribution in [1.29, 1.82) is 5.26 Å². The first-order valence-corrected chi connectivity index (χ1v) is 19.5. The van der Waals surface area contributed by atoms with Crippen molar-refractivity contribution in [3.63, 3.8) is 0 Å². The van der Waals surface area contributed by atoms with E-state index in [1.54, 1.807) is 18.2 Å². The Kier molecular flexibility index (Phi) is 10.1. The lowest BCUT2D eigenvalue weighted by atomic mass is 9.84. The van der Waals surface area contributed by atoms with Gasteiger partial charge in [-0.05, 0) is 110 Å². The molecule has 8 rings (SSSR count). The van der Waals surface area contributed by atoms with Crippen LogP contribution in [-0.2, 0) is 22.7 Å². The fourth-order valence-corrected chi connectivity index (χ4v) is 9.12. The second-order valence-electron chi connectivity index (χ2n) is 15.6. The highest BCUT2D eigenvalue weighted by atomic mass is 35.5. The minimum absolute atomic E-state index is 0.00802. The van der Waals surface area contributed by atoms with Crippen LogP contribution in [0.25, 0.3) is 0 Å². The molecule has 4 atom stereocenters. The molecular weight excluding hydrogens is 720 g/mol. The number of hydrogen-bond acceptors (Lipinski definition) is 9. The zero-order chi connectivity index (χ0) is 38.4. The van der Waals surface area contributed by atoms with Crippen LogP contribution in [0.15, 0.2) is 54.6 Å². The Labute approximate surface area is 324 Å². The van der Waals surface area contributed by atoms with E-state index in [9.17, 15) is 24.0 Å². The van der Waals surface area contributed by atoms with Crippen molar-refractivity contribution in [2.75, 3.05) is 24.5 Å². The monoisotopic (exact) mass is 762 g/mol. The van der Waals surface area contributed by atoms with Crippen LogP contribution in [0.4, 0.5) is 5.69 Å². The Morgan fingerprint density at radius 1 is 0.927 bits per heavy atom. The molecule has 0 spiro atoms. The zero-order valence-electron chi connectivity index (χ0n) is 30.7. The summed E-state index contributed by atoms with van der Waals surface area (Å²) in [6.45, 7) is 6.30. The van der Waals surface area contributed by atoms with Gasteiger partial charge in [-0.3, -0.25) is 39.1 Å². The number of fused-ring (bicyclic) bond motifs is 2. The van der Waals surface area contributed by atoms with Gasteiger partial charge in [0.15, 0.2) is 0 Å². The minimum Gasteiger partial charge on any atom is -0.490 e. The lowest BCUT2D eigenvalue weighted by Crippen LogP contribution is -2.54. The van der Waals surface area contributed by atoms with Gasteiger partial charge >= 0.3 is 0 Å². The van der Waals surface area contributed by atoms with Gasteiger partial charge in [0.25, 0.3) is 17.7 Å². The van der Waals surface area contributed by atoms with E-state index in [-0.39, 0.29) is 42.7 Å². The van der Waals surface area contributed by atoms with E-state index in [1.165, 1.54) is 0 Å². The summed E-state index contributed by atoms with van der Waals surface area (Å²) in [6.07, 6.45) is 4.74. The van der Waals surface area contributed by atoms with Gasteiger partial charge in [0.2, 0.25) is 11.8 Å². The Bertz CT molecular complexity index is 2060. The van der Waals surface area contributed by atoms with Gasteiger partial charge in [-0.1, -0.05) is 18.5 Å². The van der Waals surface area contributed by atoms with Gasteiger partial charge in [-0.25, -0.2) is 0 Å². The number of nitrogens with one attached hydrogen (secondary N) is 2. The van der Waals surface area contributed by atoms with E-state index < -0.39 is 23.8 Å². The van der Waals surface area contributed by atoms with Gasteiger partial charge in [-0.2, -0.15) is 5.26 Å². The molecule has 3 aromatic carbocycles. The molecule has 0 bridgehead atoms. The van der Waals surface area contributed by atoms with Crippen molar-refractivity contribution in [1.82, 2.24) is 20.4 Å². The summed E-state index contributed by atoms with van der Waals surface area (Å²) in [5.74, 6) is -0.603. The molecule has 4 heterocycles. The number of rotatable bonds is 8. The highest BCUT2D eigenvalue weighted by Crippen LogP contribution is 2.35. The van der Waals surface area contributed by atoms with Gasteiger partial charge in [0.05, 0.1) is 21.7 Å². The molecule has 0 radical (unpaired) electrons. The molecular formula is C42H43ClN6O6. The fourth-order valence-electron chi connectivity index (χ4n) is 8.91. The molecule has 2 saturated heterocycles. The SMILES string of the molecule is C[C@H]1C[C@H](NC(=O)c2ccc(N3CCC(CN4Cc5cc6c(cc5C4)C(=O)N(C4CCC(=O)NC4=O)C6=O)CC3)cc2)CC[C@H]1Oc1ccc(C#N)c(Cl)c1. The maximum absolute atomic E-state index is 13.3. The fraction of sp³-hybridized carbons (Fsp3) is 0.429. The summed E-state index contributed by atoms with van der Waals surface area (Å²) in [7, 11) is 0. The highest BCUT2D eigenvalue weighted by Gasteiger charge is 2.45. The number of halogens is 1. The number of piperidine rings is 2. The Morgan fingerprint density at radius 3 is 2.24 bits per heavy atom. The first-order valence-electron chi connectivity index (χ1n) is 19.2. The molecule has 3 fully saturated rings. The maximum Gasteiger partial charge on any atom is 0.262 e. The Balaban J connectivity index is 0.788. The standard InChI is InChI=1S/C42H43ClN6O6/c1-24-16-30(5-10-37(24)55-32-8-4-27(20-44)35(43)19-32)45-39(51)26-2-6-31(7-3-26)48-14-12-25(13-15-48)21-47-22-28-17-33-34(18-29(28)23-47)42(54)49(41(33)53)36-9-11-38(50)46-40(36)52/h2-4,6-8,17-19,24-25,30,36-37H,5,9-16,21-23H2,1H3,(H,45,51)(H,46,50,52)/t24-,30+,36?,37+/m0/s1. The van der Waals surface area contributed by atoms with E-state index in [1.807, 2.05) is 36.4 Å². The number of nitriles is 1. The number of anilines is 1. The molecule has 5 aliphatic rings. The number of carbonyl (C=O) groups is 5. The highest BCUT2D eigenvalue weighted by molar-refractivity contribution is 6.31. The third-order valence-electron chi connectivity index (χ3n) is 11.9. The number of ether oxygens (including phenoxy) is 1. The van der Waals surface area contributed by atoms with Crippen LogP contribution in [0.2, 0.25) is 5.02 Å². The van der Waals surface area contributed by atoms with Crippen LogP contribution in [0.1, 0.15) is 99.6 Å². The maximum atomic E-state index is 13.3. The molecule has 0 aromatic heterocycles. The lowest BCUT2D eigenvalue weighted by Gasteiger charge is -2.35. The molecule has 12 nitrogen and oxygen atoms in total. The van der Waals surface area contributed by atoms with Crippen molar-refractivity contribution in [2.45, 2.75) is 83.1 Å². The van der Waals surface area contributed by atoms with Crippen molar-refractivity contribution < 1.29 is 28.7 Å². The molecule has 284 valence electrons. The van der Waals surface area contributed by atoms with Crippen molar-refractivity contribution in [3.8, 4) is 11.8 Å². The van der Waals surface area contributed by atoms with Crippen molar-refractivity contribution >= 4 is 46.8 Å². The van der Waals surface area contributed by atoms with Crippen molar-refractivity contribution in [2.24, 2.45) is 11.8 Å². The lowest BCUT2D eigenvalue weighted by molar-refractivity contribution is -0.136. The van der Waals surface area contributed by atoms with E-state index in [2.05, 4.69) is 33.4 Å². The zero-order valence-corrected chi connectivity index (χ0v) is 31.4. The molecule has 3 aromatic rings. The largest absolute Gasteiger partial charge is 0.490 e. The van der Waals surface area contributed by atoms with Crippen LogP contribution < -0.4 is 20.3 Å². The Hall–Kier alpha value is -5.25. The molecule has 1 unspecified atom stereocenters. The summed E-state index contributed by atoms with van der Waals surface area (Å²) < 4.78 is 6.20. The summed E-state index contributed by atoms with van der Waals surface area (Å²) >= 11 is 6.18. The van der Waals surface area contributed by atoms with Crippen molar-refractivity contribution in [3.05, 3.63) is 93.0 Å². The van der Waals surface area contributed by atoms with E-state index >= 15 is 0 Å². The molecule has 1 saturated carbocycles. The quantitative estimate of drug-likeness (QED) is 0.295. The number of nitrogens with zero attached hydrogens (tertiary/aromatic N) is 4. The van der Waals surface area contributed by atoms with Crippen LogP contribution in [-0.4, -0.2) is 77.2 Å². The normalized spacial score (nSPS) is 24.3. The number of imide groups is 2. The first kappa shape index (κ1) is 36.7. The second-order valence-corrected chi connectivity index (χ2v) is 16.0. The smallest absolute Gasteiger partial charge is 0.262 e. The van der Waals surface area contributed by atoms with Gasteiger partial charge < -0.3 is 15.0 Å². The minimum atomic E-state index is -0.962. The summed E-state index contributed by atoms with van der Waals surface area (Å²) in [4.78, 5) is 69.6. The summed E-state index contributed by atoms with van der Waals surface area (Å²) in [6, 6.07) is 17.8. The van der Waals surface area contributed by atoms with Gasteiger partial charge in [0, 0.05) is 62.5 Å². The number of hydrogen-bond donors (Lipinski definition) is 2. The van der Waals surface area contributed by atoms with Gasteiger partial charge in [-0.15, -0.1) is 0 Å². The molecule has 5 amide bonds. The van der Waals surface area contributed by atoms with Crippen LogP contribution >= 0.6 is 11.6 Å². The van der Waals surface area contributed by atoms with Crippen LogP contribution in [0.5, 0.6) is 5.75 Å². The predicted molar refractivity (Wildman–Crippen MR) is 203 cm³/mol. The molecule has 4 aliphatic heterocycles. The molecule has 2 N–H and O–H groups in total. The van der Waals surface area contributed by atoms with Crippen LogP contribution in [0.3, 0.4) is 0 Å². The Morgan fingerprint density at radius 2 is 1.62 bits per heavy atom. The average molecular weight is 763 g/mol. The van der Waals surface area contributed by atoms with E-state index in [0.717, 1.165) is 73.5 Å². The number of amides is 5. The van der Waals surface area contributed by atoms with Gasteiger partial charge in [0.1, 0.15) is 24.0 Å². The number of benzene rings is 3. The van der Waals surface area contributed by atoms with E-state index in [0.29, 0.717) is 52.0 Å². The summed E-state index contributed by atoms with van der Waals surface area (Å²) in [5, 5.41) is 15.0. The molecule has 55 heavy (non-hydrogen) atoms. The van der Waals surface area contributed by atoms with E-state index in [4.69, 9.17) is 21.6 Å². The van der Waals surface area contributed by atoms with Crippen LogP contribution in [0, 0.1) is 23.2 Å². The molecule has 1 aliphatic carbocycles. The molecule has 13 heteroatoms. The topological polar surface area (TPSA) is 152 Å². The first-order chi connectivity index (χ1) is 26.5. The average Bonchev–Trinajstić information content (AvgIpc) is 3.68. The summed E-state index contributed by atoms with van der Waals surface area (Å²) in [5.41, 5.74) is 4.91.